The average molecular weight is 238 g/mol. The minimum Gasteiger partial charge on any atom is -0.371 e. The zero-order valence-corrected chi connectivity index (χ0v) is 9.75. The summed E-state index contributed by atoms with van der Waals surface area (Å²) in [5.41, 5.74) is 1.49. The van der Waals surface area contributed by atoms with Crippen molar-refractivity contribution in [3.05, 3.63) is 35.2 Å². The Labute approximate surface area is 97.3 Å². The van der Waals surface area contributed by atoms with Gasteiger partial charge in [-0.15, -0.1) is 0 Å². The number of halogens is 2. The molecule has 0 atom stereocenters. The topological polar surface area (TPSA) is 42.7 Å². The molecule has 0 radical (unpaired) electrons. The number of hydrogen-bond donors (Lipinski definition) is 1. The molecule has 2 aromatic rings. The first-order chi connectivity index (χ1) is 8.02. The van der Waals surface area contributed by atoms with Crippen LogP contribution in [0.3, 0.4) is 0 Å². The van der Waals surface area contributed by atoms with Crippen LogP contribution in [0.4, 0.5) is 14.6 Å². The molecule has 0 aliphatic carbocycles. The van der Waals surface area contributed by atoms with Crippen LogP contribution in [0.2, 0.25) is 0 Å². The standard InChI is InChI=1S/C11H12F2N4/c1-6-4-7(2)17(16-6)11-9(13)5-8(12)10(14-3)15-11/h4-5H,1-3H3,(H,14,15). The highest BCUT2D eigenvalue weighted by molar-refractivity contribution is 5.42. The molecule has 4 nitrogen and oxygen atoms in total. The number of hydrogen-bond acceptors (Lipinski definition) is 3. The van der Waals surface area contributed by atoms with Gasteiger partial charge < -0.3 is 5.32 Å². The first kappa shape index (κ1) is 11.5. The van der Waals surface area contributed by atoms with E-state index in [-0.39, 0.29) is 11.6 Å². The van der Waals surface area contributed by atoms with Crippen molar-refractivity contribution in [2.24, 2.45) is 0 Å². The number of aromatic nitrogens is 3. The van der Waals surface area contributed by atoms with Gasteiger partial charge in [-0.1, -0.05) is 0 Å². The zero-order valence-electron chi connectivity index (χ0n) is 9.75. The number of rotatable bonds is 2. The van der Waals surface area contributed by atoms with Crippen LogP contribution in [0.15, 0.2) is 12.1 Å². The van der Waals surface area contributed by atoms with Gasteiger partial charge >= 0.3 is 0 Å². The lowest BCUT2D eigenvalue weighted by atomic mass is 10.3. The minimum atomic E-state index is -0.743. The summed E-state index contributed by atoms with van der Waals surface area (Å²) in [4.78, 5) is 3.87. The van der Waals surface area contributed by atoms with Gasteiger partial charge in [0.1, 0.15) is 0 Å². The lowest BCUT2D eigenvalue weighted by Crippen LogP contribution is -2.08. The van der Waals surface area contributed by atoms with E-state index in [1.54, 1.807) is 19.9 Å². The molecule has 0 aliphatic rings. The second-order valence-corrected chi connectivity index (χ2v) is 3.71. The van der Waals surface area contributed by atoms with Crippen molar-refractivity contribution in [3.63, 3.8) is 0 Å². The predicted molar refractivity (Wildman–Crippen MR) is 60.3 cm³/mol. The largest absolute Gasteiger partial charge is 0.371 e. The zero-order chi connectivity index (χ0) is 12.6. The summed E-state index contributed by atoms with van der Waals surface area (Å²) in [6.45, 7) is 3.58. The van der Waals surface area contributed by atoms with E-state index < -0.39 is 11.6 Å². The molecule has 2 rings (SSSR count). The number of anilines is 1. The van der Waals surface area contributed by atoms with Gasteiger partial charge in [0.05, 0.1) is 5.69 Å². The quantitative estimate of drug-likeness (QED) is 0.872. The monoisotopic (exact) mass is 238 g/mol. The first-order valence-electron chi connectivity index (χ1n) is 5.10. The van der Waals surface area contributed by atoms with Gasteiger partial charge in [-0.3, -0.25) is 0 Å². The van der Waals surface area contributed by atoms with Crippen LogP contribution in [0.1, 0.15) is 11.4 Å². The molecule has 1 N–H and O–H groups in total. The minimum absolute atomic E-state index is 0.00560. The van der Waals surface area contributed by atoms with Crippen LogP contribution >= 0.6 is 0 Å². The Bertz CT molecular complexity index is 563. The summed E-state index contributed by atoms with van der Waals surface area (Å²) in [7, 11) is 1.52. The van der Waals surface area contributed by atoms with Crippen LogP contribution in [0.5, 0.6) is 0 Å². The molecule has 0 saturated carbocycles. The van der Waals surface area contributed by atoms with Crippen molar-refractivity contribution >= 4 is 5.82 Å². The van der Waals surface area contributed by atoms with E-state index in [0.717, 1.165) is 17.5 Å². The molecule has 6 heteroatoms. The highest BCUT2D eigenvalue weighted by atomic mass is 19.1. The highest BCUT2D eigenvalue weighted by Crippen LogP contribution is 2.19. The van der Waals surface area contributed by atoms with Crippen molar-refractivity contribution in [1.29, 1.82) is 0 Å². The van der Waals surface area contributed by atoms with E-state index in [1.807, 2.05) is 0 Å². The smallest absolute Gasteiger partial charge is 0.192 e. The summed E-state index contributed by atoms with van der Waals surface area (Å²) < 4.78 is 28.3. The third kappa shape index (κ3) is 1.98. The Morgan fingerprint density at radius 2 is 1.88 bits per heavy atom. The van der Waals surface area contributed by atoms with E-state index in [1.165, 1.54) is 11.7 Å². The third-order valence-electron chi connectivity index (χ3n) is 2.36. The number of nitrogens with zero attached hydrogens (tertiary/aromatic N) is 3. The fourth-order valence-electron chi connectivity index (χ4n) is 1.62. The molecule has 2 heterocycles. The normalized spacial score (nSPS) is 10.6. The Morgan fingerprint density at radius 1 is 1.18 bits per heavy atom. The molecule has 0 aromatic carbocycles. The predicted octanol–water partition coefficient (Wildman–Crippen LogP) is 2.20. The van der Waals surface area contributed by atoms with E-state index in [9.17, 15) is 8.78 Å². The van der Waals surface area contributed by atoms with Crippen LogP contribution in [0.25, 0.3) is 5.82 Å². The maximum Gasteiger partial charge on any atom is 0.192 e. The van der Waals surface area contributed by atoms with Crippen molar-refractivity contribution < 1.29 is 8.78 Å². The van der Waals surface area contributed by atoms with Gasteiger partial charge in [0.2, 0.25) is 0 Å². The molecular weight excluding hydrogens is 226 g/mol. The lowest BCUT2D eigenvalue weighted by Gasteiger charge is -2.08. The Kier molecular flexibility index (Phi) is 2.79. The summed E-state index contributed by atoms with van der Waals surface area (Å²) in [5, 5.41) is 6.68. The number of pyridine rings is 1. The Hall–Kier alpha value is -1.98. The molecule has 0 unspecified atom stereocenters. The molecule has 0 saturated heterocycles. The lowest BCUT2D eigenvalue weighted by molar-refractivity contribution is 0.561. The molecule has 0 aliphatic heterocycles. The second-order valence-electron chi connectivity index (χ2n) is 3.71. The van der Waals surface area contributed by atoms with Crippen molar-refractivity contribution in [3.8, 4) is 5.82 Å². The SMILES string of the molecule is CNc1nc(-n2nc(C)cc2C)c(F)cc1F. The number of aryl methyl sites for hydroxylation is 2. The van der Waals surface area contributed by atoms with Gasteiger partial charge in [-0.25, -0.2) is 18.4 Å². The molecule has 2 aromatic heterocycles. The molecule has 0 bridgehead atoms. The summed E-state index contributed by atoms with van der Waals surface area (Å²) in [6, 6.07) is 2.59. The average Bonchev–Trinajstić information content (AvgIpc) is 2.58. The first-order valence-corrected chi connectivity index (χ1v) is 5.10. The second kappa shape index (κ2) is 4.12. The Balaban J connectivity index is 2.63. The maximum atomic E-state index is 13.7. The third-order valence-corrected chi connectivity index (χ3v) is 2.36. The maximum absolute atomic E-state index is 13.7. The molecule has 0 fully saturated rings. The van der Waals surface area contributed by atoms with Crippen molar-refractivity contribution in [2.75, 3.05) is 12.4 Å². The molecular formula is C11H12F2N4. The van der Waals surface area contributed by atoms with Gasteiger partial charge in [0.25, 0.3) is 0 Å². The van der Waals surface area contributed by atoms with E-state index in [0.29, 0.717) is 0 Å². The summed E-state index contributed by atoms with van der Waals surface area (Å²) in [6.07, 6.45) is 0. The van der Waals surface area contributed by atoms with Crippen LogP contribution in [-0.4, -0.2) is 21.8 Å². The van der Waals surface area contributed by atoms with Crippen molar-refractivity contribution in [2.45, 2.75) is 13.8 Å². The Morgan fingerprint density at radius 3 is 2.41 bits per heavy atom. The number of nitrogens with one attached hydrogen (secondary N) is 1. The molecule has 0 spiro atoms. The van der Waals surface area contributed by atoms with E-state index >= 15 is 0 Å². The van der Waals surface area contributed by atoms with E-state index in [4.69, 9.17) is 0 Å². The van der Waals surface area contributed by atoms with Crippen LogP contribution < -0.4 is 5.32 Å². The molecule has 0 amide bonds. The summed E-state index contributed by atoms with van der Waals surface area (Å²) in [5.74, 6) is -1.49. The van der Waals surface area contributed by atoms with Gasteiger partial charge in [-0.05, 0) is 19.9 Å². The van der Waals surface area contributed by atoms with Gasteiger partial charge in [0.15, 0.2) is 23.3 Å². The van der Waals surface area contributed by atoms with Gasteiger partial charge in [0, 0.05) is 18.8 Å². The van der Waals surface area contributed by atoms with E-state index in [2.05, 4.69) is 15.4 Å². The fraction of sp³-hybridized carbons (Fsp3) is 0.273. The molecule has 90 valence electrons. The highest BCUT2D eigenvalue weighted by Gasteiger charge is 2.15. The van der Waals surface area contributed by atoms with Crippen LogP contribution in [-0.2, 0) is 0 Å². The summed E-state index contributed by atoms with van der Waals surface area (Å²) >= 11 is 0. The van der Waals surface area contributed by atoms with Gasteiger partial charge in [-0.2, -0.15) is 5.10 Å². The fourth-order valence-corrected chi connectivity index (χ4v) is 1.62. The van der Waals surface area contributed by atoms with Crippen molar-refractivity contribution in [1.82, 2.24) is 14.8 Å². The van der Waals surface area contributed by atoms with Crippen LogP contribution in [0, 0.1) is 25.5 Å². The molecule has 17 heavy (non-hydrogen) atoms.